The van der Waals surface area contributed by atoms with Crippen molar-refractivity contribution in [3.8, 4) is 0 Å². The van der Waals surface area contributed by atoms with Crippen LogP contribution in [0.15, 0.2) is 12.4 Å². The van der Waals surface area contributed by atoms with Gasteiger partial charge in [-0.15, -0.1) is 0 Å². The molecule has 0 spiro atoms. The summed E-state index contributed by atoms with van der Waals surface area (Å²) < 4.78 is 0. The number of nitrogens with zero attached hydrogens (tertiary/aromatic N) is 2. The van der Waals surface area contributed by atoms with Crippen LogP contribution in [0.3, 0.4) is 0 Å². The molecule has 0 aliphatic rings. The molecule has 0 unspecified atom stereocenters. The van der Waals surface area contributed by atoms with E-state index < -0.39 is 0 Å². The van der Waals surface area contributed by atoms with Crippen LogP contribution in [0.2, 0.25) is 0 Å². The molecule has 0 aromatic carbocycles. The van der Waals surface area contributed by atoms with Crippen molar-refractivity contribution in [3.05, 3.63) is 23.8 Å². The Morgan fingerprint density at radius 2 is 1.77 bits per heavy atom. The van der Waals surface area contributed by atoms with Crippen LogP contribution >= 0.6 is 0 Å². The molecule has 0 bridgehead atoms. The van der Waals surface area contributed by atoms with E-state index in [4.69, 9.17) is 0 Å². The highest BCUT2D eigenvalue weighted by Crippen LogP contribution is 2.11. The second-order valence-electron chi connectivity index (χ2n) is 3.52. The summed E-state index contributed by atoms with van der Waals surface area (Å²) in [5.41, 5.74) is 2.34. The molecular formula is C11H18N2. The molecule has 0 amide bonds. The molecule has 0 N–H and O–H groups in total. The Morgan fingerprint density at radius 1 is 1.15 bits per heavy atom. The zero-order valence-electron chi connectivity index (χ0n) is 8.75. The lowest BCUT2D eigenvalue weighted by Crippen LogP contribution is -2.05. The van der Waals surface area contributed by atoms with Gasteiger partial charge in [-0.1, -0.05) is 27.2 Å². The van der Waals surface area contributed by atoms with Crippen LogP contribution < -0.4 is 0 Å². The summed E-state index contributed by atoms with van der Waals surface area (Å²) in [6.07, 6.45) is 6.82. The summed E-state index contributed by atoms with van der Waals surface area (Å²) in [6, 6.07) is 0. The largest absolute Gasteiger partial charge is 0.258 e. The smallest absolute Gasteiger partial charge is 0.0621 e. The van der Waals surface area contributed by atoms with Crippen LogP contribution in [-0.2, 0) is 12.8 Å². The lowest BCUT2D eigenvalue weighted by atomic mass is 10.0. The first-order valence-corrected chi connectivity index (χ1v) is 5.06. The topological polar surface area (TPSA) is 25.8 Å². The fourth-order valence-corrected chi connectivity index (χ4v) is 1.34. The van der Waals surface area contributed by atoms with Gasteiger partial charge in [0.1, 0.15) is 0 Å². The summed E-state index contributed by atoms with van der Waals surface area (Å²) in [5.74, 6) is 0.710. The van der Waals surface area contributed by atoms with E-state index >= 15 is 0 Å². The molecule has 0 saturated carbocycles. The van der Waals surface area contributed by atoms with Gasteiger partial charge in [0.05, 0.1) is 11.4 Å². The molecule has 0 fully saturated rings. The average molecular weight is 178 g/mol. The van der Waals surface area contributed by atoms with Gasteiger partial charge in [-0.05, 0) is 18.8 Å². The second-order valence-corrected chi connectivity index (χ2v) is 3.52. The fraction of sp³-hybridized carbons (Fsp3) is 0.636. The Balaban J connectivity index is 2.74. The normalized spacial score (nSPS) is 12.8. The van der Waals surface area contributed by atoms with Crippen molar-refractivity contribution in [1.29, 1.82) is 0 Å². The lowest BCUT2D eigenvalue weighted by Gasteiger charge is -2.09. The zero-order valence-corrected chi connectivity index (χ0v) is 8.75. The van der Waals surface area contributed by atoms with E-state index in [9.17, 15) is 0 Å². The third kappa shape index (κ3) is 2.79. The van der Waals surface area contributed by atoms with Crippen molar-refractivity contribution in [2.45, 2.75) is 40.0 Å². The third-order valence-corrected chi connectivity index (χ3v) is 2.43. The van der Waals surface area contributed by atoms with E-state index in [-0.39, 0.29) is 0 Å². The van der Waals surface area contributed by atoms with Gasteiger partial charge in [0.25, 0.3) is 0 Å². The predicted molar refractivity (Wildman–Crippen MR) is 54.6 cm³/mol. The highest BCUT2D eigenvalue weighted by atomic mass is 14.8. The van der Waals surface area contributed by atoms with Gasteiger partial charge < -0.3 is 0 Å². The highest BCUT2D eigenvalue weighted by Gasteiger charge is 2.06. The van der Waals surface area contributed by atoms with Gasteiger partial charge in [-0.3, -0.25) is 9.97 Å². The summed E-state index contributed by atoms with van der Waals surface area (Å²) >= 11 is 0. The molecule has 0 aliphatic heterocycles. The molecule has 1 heterocycles. The Labute approximate surface area is 80.4 Å². The van der Waals surface area contributed by atoms with Gasteiger partial charge in [0, 0.05) is 12.4 Å². The summed E-state index contributed by atoms with van der Waals surface area (Å²) in [7, 11) is 0. The number of hydrogen-bond donors (Lipinski definition) is 0. The van der Waals surface area contributed by atoms with E-state index in [1.807, 2.05) is 0 Å². The van der Waals surface area contributed by atoms with Crippen molar-refractivity contribution in [2.24, 2.45) is 5.92 Å². The molecule has 2 heteroatoms. The maximum Gasteiger partial charge on any atom is 0.0621 e. The van der Waals surface area contributed by atoms with E-state index in [1.54, 1.807) is 12.4 Å². The van der Waals surface area contributed by atoms with Crippen LogP contribution in [0.4, 0.5) is 0 Å². The maximum atomic E-state index is 4.37. The van der Waals surface area contributed by atoms with Crippen LogP contribution in [0.5, 0.6) is 0 Å². The van der Waals surface area contributed by atoms with E-state index in [0.717, 1.165) is 18.5 Å². The molecule has 1 atom stereocenters. The van der Waals surface area contributed by atoms with E-state index in [1.165, 1.54) is 12.1 Å². The van der Waals surface area contributed by atoms with E-state index in [2.05, 4.69) is 30.7 Å². The van der Waals surface area contributed by atoms with Gasteiger partial charge >= 0.3 is 0 Å². The zero-order chi connectivity index (χ0) is 9.68. The molecule has 0 radical (unpaired) electrons. The summed E-state index contributed by atoms with van der Waals surface area (Å²) in [5, 5.41) is 0. The van der Waals surface area contributed by atoms with Crippen molar-refractivity contribution >= 4 is 0 Å². The average Bonchev–Trinajstić information content (AvgIpc) is 2.18. The van der Waals surface area contributed by atoms with Gasteiger partial charge in [-0.2, -0.15) is 0 Å². The monoisotopic (exact) mass is 178 g/mol. The standard InChI is InChI=1S/C11H18N2/c1-4-9(3)8-11-10(5-2)12-6-7-13-11/h6-7,9H,4-5,8H2,1-3H3/t9-/m1/s1. The van der Waals surface area contributed by atoms with Gasteiger partial charge in [-0.25, -0.2) is 0 Å². The molecule has 1 aromatic heterocycles. The Morgan fingerprint density at radius 3 is 2.31 bits per heavy atom. The Hall–Kier alpha value is -0.920. The van der Waals surface area contributed by atoms with Crippen molar-refractivity contribution in [2.75, 3.05) is 0 Å². The van der Waals surface area contributed by atoms with Crippen molar-refractivity contribution in [1.82, 2.24) is 9.97 Å². The Kier molecular flexibility index (Phi) is 3.87. The van der Waals surface area contributed by atoms with Gasteiger partial charge in [0.2, 0.25) is 0 Å². The molecule has 2 nitrogen and oxygen atoms in total. The number of rotatable bonds is 4. The van der Waals surface area contributed by atoms with Crippen LogP contribution in [0.1, 0.15) is 38.6 Å². The predicted octanol–water partition coefficient (Wildman–Crippen LogP) is 2.63. The van der Waals surface area contributed by atoms with Crippen LogP contribution in [-0.4, -0.2) is 9.97 Å². The van der Waals surface area contributed by atoms with Crippen LogP contribution in [0, 0.1) is 5.92 Å². The van der Waals surface area contributed by atoms with Gasteiger partial charge in [0.15, 0.2) is 0 Å². The first-order valence-electron chi connectivity index (χ1n) is 5.06. The molecule has 1 rings (SSSR count). The van der Waals surface area contributed by atoms with Crippen LogP contribution in [0.25, 0.3) is 0 Å². The number of aromatic nitrogens is 2. The van der Waals surface area contributed by atoms with E-state index in [0.29, 0.717) is 5.92 Å². The SMILES string of the molecule is CCc1nccnc1C[C@H](C)CC. The molecular weight excluding hydrogens is 160 g/mol. The van der Waals surface area contributed by atoms with Crippen molar-refractivity contribution in [3.63, 3.8) is 0 Å². The lowest BCUT2D eigenvalue weighted by molar-refractivity contribution is 0.547. The number of aryl methyl sites for hydroxylation is 1. The number of hydrogen-bond acceptors (Lipinski definition) is 2. The third-order valence-electron chi connectivity index (χ3n) is 2.43. The Bertz CT molecular complexity index is 258. The minimum atomic E-state index is 0.710. The molecule has 72 valence electrons. The minimum absolute atomic E-state index is 0.710. The molecule has 0 aliphatic carbocycles. The summed E-state index contributed by atoms with van der Waals surface area (Å²) in [6.45, 7) is 6.60. The minimum Gasteiger partial charge on any atom is -0.258 e. The second kappa shape index (κ2) is 4.95. The first-order chi connectivity index (χ1) is 6.27. The molecule has 1 aromatic rings. The quantitative estimate of drug-likeness (QED) is 0.708. The first kappa shape index (κ1) is 10.2. The highest BCUT2D eigenvalue weighted by molar-refractivity contribution is 5.10. The van der Waals surface area contributed by atoms with Crippen molar-refractivity contribution < 1.29 is 0 Å². The fourth-order valence-electron chi connectivity index (χ4n) is 1.34. The summed E-state index contributed by atoms with van der Waals surface area (Å²) in [4.78, 5) is 8.70. The molecule has 0 saturated heterocycles. The maximum absolute atomic E-state index is 4.37. The molecule has 13 heavy (non-hydrogen) atoms.